The third kappa shape index (κ3) is 3.98. The Bertz CT molecular complexity index is 924. The van der Waals surface area contributed by atoms with Gasteiger partial charge in [-0.1, -0.05) is 0 Å². The molecule has 0 aromatic heterocycles. The number of ether oxygens (including phenoxy) is 1. The SMILES string of the molecule is CCN(CC)c1ccc(NS(=O)(=O)c2ccc3c(c2)N(C)CCO3)c(C)c1. The van der Waals surface area contributed by atoms with E-state index < -0.39 is 10.0 Å². The van der Waals surface area contributed by atoms with Crippen LogP contribution in [0.3, 0.4) is 0 Å². The first-order chi connectivity index (χ1) is 12.9. The highest BCUT2D eigenvalue weighted by Gasteiger charge is 2.21. The third-order valence-corrected chi connectivity index (χ3v) is 6.28. The minimum Gasteiger partial charge on any atom is -0.490 e. The van der Waals surface area contributed by atoms with E-state index in [0.717, 1.165) is 36.6 Å². The van der Waals surface area contributed by atoms with Gasteiger partial charge in [0.2, 0.25) is 0 Å². The van der Waals surface area contributed by atoms with Crippen molar-refractivity contribution in [1.29, 1.82) is 0 Å². The van der Waals surface area contributed by atoms with Crippen LogP contribution in [0, 0.1) is 6.92 Å². The predicted octanol–water partition coefficient (Wildman–Crippen LogP) is 3.47. The van der Waals surface area contributed by atoms with Gasteiger partial charge in [-0.3, -0.25) is 4.72 Å². The third-order valence-electron chi connectivity index (χ3n) is 4.92. The van der Waals surface area contributed by atoms with Crippen LogP contribution in [0.1, 0.15) is 19.4 Å². The van der Waals surface area contributed by atoms with Gasteiger partial charge in [0.05, 0.1) is 22.8 Å². The molecule has 3 rings (SSSR count). The summed E-state index contributed by atoms with van der Waals surface area (Å²) >= 11 is 0. The molecule has 6 nitrogen and oxygen atoms in total. The second-order valence-electron chi connectivity index (χ2n) is 6.68. The molecule has 0 saturated carbocycles. The van der Waals surface area contributed by atoms with Gasteiger partial charge in [0.25, 0.3) is 10.0 Å². The van der Waals surface area contributed by atoms with Crippen molar-refractivity contribution < 1.29 is 13.2 Å². The molecule has 1 heterocycles. The normalized spacial score (nSPS) is 13.7. The molecule has 0 atom stereocenters. The zero-order valence-corrected chi connectivity index (χ0v) is 17.1. The zero-order valence-electron chi connectivity index (χ0n) is 16.3. The van der Waals surface area contributed by atoms with Crippen LogP contribution in [0.4, 0.5) is 17.1 Å². The summed E-state index contributed by atoms with van der Waals surface area (Å²) < 4.78 is 34.1. The van der Waals surface area contributed by atoms with Crippen molar-refractivity contribution in [3.8, 4) is 5.75 Å². The number of likely N-dealkylation sites (N-methyl/N-ethyl adjacent to an activating group) is 1. The number of benzene rings is 2. The van der Waals surface area contributed by atoms with Crippen LogP contribution >= 0.6 is 0 Å². The highest BCUT2D eigenvalue weighted by Crippen LogP contribution is 2.33. The molecule has 0 saturated heterocycles. The molecule has 146 valence electrons. The number of nitrogens with one attached hydrogen (secondary N) is 1. The first kappa shape index (κ1) is 19.4. The lowest BCUT2D eigenvalue weighted by Crippen LogP contribution is -2.29. The molecule has 2 aromatic rings. The Morgan fingerprint density at radius 3 is 2.56 bits per heavy atom. The Hall–Kier alpha value is -2.41. The van der Waals surface area contributed by atoms with Gasteiger partial charge in [-0.15, -0.1) is 0 Å². The zero-order chi connectivity index (χ0) is 19.6. The first-order valence-electron chi connectivity index (χ1n) is 9.22. The lowest BCUT2D eigenvalue weighted by Gasteiger charge is -2.28. The van der Waals surface area contributed by atoms with Gasteiger partial charge in [0.1, 0.15) is 12.4 Å². The van der Waals surface area contributed by atoms with Crippen LogP contribution in [0.5, 0.6) is 5.75 Å². The number of hydrogen-bond acceptors (Lipinski definition) is 5. The van der Waals surface area contributed by atoms with Crippen molar-refractivity contribution in [1.82, 2.24) is 0 Å². The van der Waals surface area contributed by atoms with Gasteiger partial charge in [-0.25, -0.2) is 8.42 Å². The van der Waals surface area contributed by atoms with Crippen molar-refractivity contribution >= 4 is 27.1 Å². The van der Waals surface area contributed by atoms with Gasteiger partial charge in [0.15, 0.2) is 0 Å². The van der Waals surface area contributed by atoms with Crippen molar-refractivity contribution in [3.05, 3.63) is 42.0 Å². The van der Waals surface area contributed by atoms with E-state index >= 15 is 0 Å². The molecule has 1 N–H and O–H groups in total. The van der Waals surface area contributed by atoms with E-state index in [1.165, 1.54) is 0 Å². The lowest BCUT2D eigenvalue weighted by molar-refractivity contribution is 0.311. The largest absolute Gasteiger partial charge is 0.490 e. The Balaban J connectivity index is 1.88. The Morgan fingerprint density at radius 1 is 1.15 bits per heavy atom. The maximum Gasteiger partial charge on any atom is 0.261 e. The molecule has 1 aliphatic heterocycles. The lowest BCUT2D eigenvalue weighted by atomic mass is 10.1. The highest BCUT2D eigenvalue weighted by molar-refractivity contribution is 7.92. The molecule has 0 unspecified atom stereocenters. The highest BCUT2D eigenvalue weighted by atomic mass is 32.2. The second kappa shape index (κ2) is 7.68. The number of rotatable bonds is 6. The molecule has 27 heavy (non-hydrogen) atoms. The molecule has 2 aromatic carbocycles. The van der Waals surface area contributed by atoms with Gasteiger partial charge < -0.3 is 14.5 Å². The molecule has 0 bridgehead atoms. The fourth-order valence-electron chi connectivity index (χ4n) is 3.25. The molecule has 7 heteroatoms. The average molecular weight is 390 g/mol. The number of fused-ring (bicyclic) bond motifs is 1. The fourth-order valence-corrected chi connectivity index (χ4v) is 4.40. The van der Waals surface area contributed by atoms with Gasteiger partial charge in [-0.05, 0) is 62.7 Å². The van der Waals surface area contributed by atoms with Gasteiger partial charge in [-0.2, -0.15) is 0 Å². The summed E-state index contributed by atoms with van der Waals surface area (Å²) in [6.45, 7) is 9.27. The van der Waals surface area contributed by atoms with Crippen LogP contribution in [0.15, 0.2) is 41.3 Å². The van der Waals surface area contributed by atoms with E-state index in [0.29, 0.717) is 18.0 Å². The minimum atomic E-state index is -3.68. The van der Waals surface area contributed by atoms with Crippen molar-refractivity contribution in [2.75, 3.05) is 47.8 Å². The summed E-state index contributed by atoms with van der Waals surface area (Å²) in [5, 5.41) is 0. The van der Waals surface area contributed by atoms with Gasteiger partial charge >= 0.3 is 0 Å². The smallest absolute Gasteiger partial charge is 0.261 e. The number of sulfonamides is 1. The van der Waals surface area contributed by atoms with Crippen LogP contribution in [-0.2, 0) is 10.0 Å². The summed E-state index contributed by atoms with van der Waals surface area (Å²) in [6, 6.07) is 10.8. The molecule has 0 amide bonds. The molecule has 0 spiro atoms. The van der Waals surface area contributed by atoms with E-state index in [1.54, 1.807) is 18.2 Å². The topological polar surface area (TPSA) is 61.9 Å². The maximum atomic E-state index is 12.9. The molecular formula is C20H27N3O3S. The molecule has 1 aliphatic rings. The monoisotopic (exact) mass is 389 g/mol. The molecular weight excluding hydrogens is 362 g/mol. The Morgan fingerprint density at radius 2 is 1.89 bits per heavy atom. The molecule has 0 radical (unpaired) electrons. The maximum absolute atomic E-state index is 12.9. The first-order valence-corrected chi connectivity index (χ1v) is 10.7. The van der Waals surface area contributed by atoms with Crippen LogP contribution < -0.4 is 19.3 Å². The summed E-state index contributed by atoms with van der Waals surface area (Å²) in [6.07, 6.45) is 0. The summed E-state index contributed by atoms with van der Waals surface area (Å²) in [7, 11) is -1.75. The van der Waals surface area contributed by atoms with E-state index in [9.17, 15) is 8.42 Å². The molecule has 0 fully saturated rings. The van der Waals surface area contributed by atoms with E-state index in [-0.39, 0.29) is 4.90 Å². The Labute approximate surface area is 161 Å². The second-order valence-corrected chi connectivity index (χ2v) is 8.36. The van der Waals surface area contributed by atoms with E-state index in [2.05, 4.69) is 23.5 Å². The summed E-state index contributed by atoms with van der Waals surface area (Å²) in [5.41, 5.74) is 3.36. The van der Waals surface area contributed by atoms with Crippen molar-refractivity contribution in [2.45, 2.75) is 25.7 Å². The Kier molecular flexibility index (Phi) is 5.51. The predicted molar refractivity (Wildman–Crippen MR) is 111 cm³/mol. The number of anilines is 3. The quantitative estimate of drug-likeness (QED) is 0.820. The fraction of sp³-hybridized carbons (Fsp3) is 0.400. The van der Waals surface area contributed by atoms with Crippen molar-refractivity contribution in [2.24, 2.45) is 0 Å². The number of aryl methyl sites for hydroxylation is 1. The molecule has 0 aliphatic carbocycles. The van der Waals surface area contributed by atoms with Crippen LogP contribution in [-0.4, -0.2) is 41.7 Å². The van der Waals surface area contributed by atoms with E-state index in [4.69, 9.17) is 4.74 Å². The number of hydrogen-bond donors (Lipinski definition) is 1. The van der Waals surface area contributed by atoms with Crippen LogP contribution in [0.25, 0.3) is 0 Å². The summed E-state index contributed by atoms with van der Waals surface area (Å²) in [5.74, 6) is 0.711. The average Bonchev–Trinajstić information content (AvgIpc) is 2.65. The summed E-state index contributed by atoms with van der Waals surface area (Å²) in [4.78, 5) is 4.46. The van der Waals surface area contributed by atoms with Crippen LogP contribution in [0.2, 0.25) is 0 Å². The van der Waals surface area contributed by atoms with Crippen molar-refractivity contribution in [3.63, 3.8) is 0 Å². The number of nitrogens with zero attached hydrogens (tertiary/aromatic N) is 2. The standard InChI is InChI=1S/C20H27N3O3S/c1-5-23(6-2)16-7-9-18(15(3)13-16)21-27(24,25)17-8-10-20-19(14-17)22(4)11-12-26-20/h7-10,13-14,21H,5-6,11-12H2,1-4H3. The van der Waals surface area contributed by atoms with Gasteiger partial charge in [0, 0.05) is 25.8 Å². The van der Waals surface area contributed by atoms with E-state index in [1.807, 2.05) is 37.1 Å². The minimum absolute atomic E-state index is 0.228.